The Morgan fingerprint density at radius 2 is 1.73 bits per heavy atom. The van der Waals surface area contributed by atoms with Crippen LogP contribution in [0.15, 0.2) is 54.6 Å². The summed E-state index contributed by atoms with van der Waals surface area (Å²) in [6, 6.07) is 15.7. The number of nitrogens with one attached hydrogen (secondary N) is 1. The molecular weight excluding hydrogens is 376 g/mol. The van der Waals surface area contributed by atoms with Crippen molar-refractivity contribution in [1.29, 1.82) is 0 Å². The summed E-state index contributed by atoms with van der Waals surface area (Å²) >= 11 is 0. The Morgan fingerprint density at radius 3 is 2.33 bits per heavy atom. The molecule has 30 heavy (non-hydrogen) atoms. The largest absolute Gasteiger partial charge is 0.497 e. The van der Waals surface area contributed by atoms with Crippen molar-refractivity contribution in [1.82, 2.24) is 4.90 Å². The summed E-state index contributed by atoms with van der Waals surface area (Å²) in [6.45, 7) is 3.12. The zero-order valence-corrected chi connectivity index (χ0v) is 17.8. The molecule has 5 nitrogen and oxygen atoms in total. The topological polar surface area (TPSA) is 58.6 Å². The number of anilines is 1. The van der Waals surface area contributed by atoms with Gasteiger partial charge in [0.15, 0.2) is 0 Å². The molecule has 158 valence electrons. The molecule has 1 aliphatic heterocycles. The third-order valence-electron chi connectivity index (χ3n) is 5.58. The van der Waals surface area contributed by atoms with E-state index in [4.69, 9.17) is 4.74 Å². The number of carbonyl (C=O) groups excluding carboxylic acids is 2. The lowest BCUT2D eigenvalue weighted by molar-refractivity contribution is -0.127. The molecule has 2 amide bonds. The van der Waals surface area contributed by atoms with Crippen LogP contribution in [0.4, 0.5) is 5.69 Å². The van der Waals surface area contributed by atoms with Gasteiger partial charge in [0, 0.05) is 31.8 Å². The van der Waals surface area contributed by atoms with Crippen LogP contribution < -0.4 is 10.1 Å². The maximum Gasteiger partial charge on any atom is 0.246 e. The van der Waals surface area contributed by atoms with E-state index in [9.17, 15) is 9.59 Å². The lowest BCUT2D eigenvalue weighted by atomic mass is 9.90. The van der Waals surface area contributed by atoms with Crippen LogP contribution in [0.2, 0.25) is 0 Å². The van der Waals surface area contributed by atoms with Crippen LogP contribution in [0.5, 0.6) is 5.75 Å². The molecule has 0 bridgehead atoms. The number of nitrogens with zero attached hydrogens (tertiary/aromatic N) is 1. The van der Waals surface area contributed by atoms with Gasteiger partial charge in [0.1, 0.15) is 5.75 Å². The first kappa shape index (κ1) is 21.6. The van der Waals surface area contributed by atoms with Crippen molar-refractivity contribution in [2.45, 2.75) is 32.6 Å². The molecule has 1 fully saturated rings. The average Bonchev–Trinajstić information content (AvgIpc) is 2.77. The van der Waals surface area contributed by atoms with Crippen LogP contribution in [0, 0.1) is 5.92 Å². The van der Waals surface area contributed by atoms with E-state index in [1.54, 1.807) is 13.2 Å². The number of hydrogen-bond acceptors (Lipinski definition) is 3. The van der Waals surface area contributed by atoms with Crippen molar-refractivity contribution in [3.63, 3.8) is 0 Å². The number of rotatable bonds is 7. The van der Waals surface area contributed by atoms with E-state index in [0.29, 0.717) is 5.92 Å². The number of benzene rings is 2. The monoisotopic (exact) mass is 406 g/mol. The van der Waals surface area contributed by atoms with Gasteiger partial charge in [-0.15, -0.1) is 0 Å². The highest BCUT2D eigenvalue weighted by molar-refractivity contribution is 5.92. The van der Waals surface area contributed by atoms with E-state index in [1.165, 1.54) is 12.5 Å². The Hall–Kier alpha value is -3.08. The smallest absolute Gasteiger partial charge is 0.246 e. The fourth-order valence-corrected chi connectivity index (χ4v) is 3.76. The molecule has 0 atom stereocenters. The minimum atomic E-state index is -0.0964. The van der Waals surface area contributed by atoms with Crippen LogP contribution in [0.1, 0.15) is 37.3 Å². The molecule has 0 aromatic heterocycles. The quantitative estimate of drug-likeness (QED) is 0.687. The summed E-state index contributed by atoms with van der Waals surface area (Å²) < 4.78 is 5.21. The molecule has 0 spiro atoms. The van der Waals surface area contributed by atoms with Crippen LogP contribution in [-0.2, 0) is 16.0 Å². The van der Waals surface area contributed by atoms with Crippen molar-refractivity contribution < 1.29 is 14.3 Å². The number of hydrogen-bond donors (Lipinski definition) is 1. The predicted molar refractivity (Wildman–Crippen MR) is 120 cm³/mol. The van der Waals surface area contributed by atoms with Gasteiger partial charge in [-0.1, -0.05) is 24.3 Å². The van der Waals surface area contributed by atoms with Gasteiger partial charge in [-0.3, -0.25) is 9.59 Å². The molecule has 0 radical (unpaired) electrons. The number of likely N-dealkylation sites (tertiary alicyclic amines) is 1. The summed E-state index contributed by atoms with van der Waals surface area (Å²) in [5, 5.41) is 2.73. The van der Waals surface area contributed by atoms with Crippen LogP contribution >= 0.6 is 0 Å². The minimum absolute atomic E-state index is 0.0644. The summed E-state index contributed by atoms with van der Waals surface area (Å²) in [7, 11) is 1.68. The molecule has 2 aromatic carbocycles. The zero-order valence-electron chi connectivity index (χ0n) is 17.8. The summed E-state index contributed by atoms with van der Waals surface area (Å²) in [6.07, 6.45) is 7.81. The number of aryl methyl sites for hydroxylation is 1. The van der Waals surface area contributed by atoms with Gasteiger partial charge in [-0.05, 0) is 73.1 Å². The third kappa shape index (κ3) is 6.48. The lowest BCUT2D eigenvalue weighted by Crippen LogP contribution is -2.37. The number of carbonyl (C=O) groups is 2. The zero-order chi connectivity index (χ0) is 21.3. The number of piperidine rings is 1. The van der Waals surface area contributed by atoms with Crippen molar-refractivity contribution in [3.8, 4) is 5.75 Å². The van der Waals surface area contributed by atoms with Crippen molar-refractivity contribution >= 4 is 23.6 Å². The van der Waals surface area contributed by atoms with Gasteiger partial charge in [0.05, 0.1) is 7.11 Å². The maximum absolute atomic E-state index is 12.5. The Labute approximate surface area is 178 Å². The van der Waals surface area contributed by atoms with Crippen molar-refractivity contribution in [2.75, 3.05) is 25.5 Å². The van der Waals surface area contributed by atoms with Gasteiger partial charge in [0.25, 0.3) is 0 Å². The lowest BCUT2D eigenvalue weighted by Gasteiger charge is -2.31. The Bertz CT molecular complexity index is 864. The van der Waals surface area contributed by atoms with Crippen LogP contribution in [-0.4, -0.2) is 36.9 Å². The molecule has 2 aromatic rings. The Morgan fingerprint density at radius 1 is 1.07 bits per heavy atom. The highest BCUT2D eigenvalue weighted by Crippen LogP contribution is 2.23. The van der Waals surface area contributed by atoms with E-state index < -0.39 is 0 Å². The predicted octanol–water partition coefficient (Wildman–Crippen LogP) is 4.54. The molecule has 0 saturated carbocycles. The molecule has 1 aliphatic rings. The normalized spacial score (nSPS) is 14.7. The molecule has 5 heteroatoms. The van der Waals surface area contributed by atoms with Gasteiger partial charge < -0.3 is 15.0 Å². The highest BCUT2D eigenvalue weighted by atomic mass is 16.5. The Kier molecular flexibility index (Phi) is 7.66. The second-order valence-electron chi connectivity index (χ2n) is 7.79. The Balaban J connectivity index is 1.42. The van der Waals surface area contributed by atoms with Gasteiger partial charge in [0.2, 0.25) is 11.8 Å². The van der Waals surface area contributed by atoms with E-state index in [1.807, 2.05) is 47.4 Å². The van der Waals surface area contributed by atoms with Gasteiger partial charge in [-0.25, -0.2) is 0 Å². The van der Waals surface area contributed by atoms with E-state index in [0.717, 1.165) is 55.8 Å². The summed E-state index contributed by atoms with van der Waals surface area (Å²) in [5.74, 6) is 1.53. The standard InChI is InChI=1S/C25H30N2O3/c1-19(28)26-23-10-5-21(6-11-23)9-14-25(29)27-17-15-22(16-18-27)4-3-20-7-12-24(30-2)13-8-20/h5-14,22H,3-4,15-18H2,1-2H3,(H,26,28)/b14-9+. The molecule has 1 N–H and O–H groups in total. The molecular formula is C25H30N2O3. The number of methoxy groups -OCH3 is 1. The average molecular weight is 407 g/mol. The van der Waals surface area contributed by atoms with Crippen molar-refractivity contribution in [2.24, 2.45) is 5.92 Å². The van der Waals surface area contributed by atoms with E-state index >= 15 is 0 Å². The van der Waals surface area contributed by atoms with Gasteiger partial charge in [-0.2, -0.15) is 0 Å². The van der Waals surface area contributed by atoms with E-state index in [-0.39, 0.29) is 11.8 Å². The van der Waals surface area contributed by atoms with Crippen LogP contribution in [0.3, 0.4) is 0 Å². The van der Waals surface area contributed by atoms with E-state index in [2.05, 4.69) is 17.4 Å². The first-order valence-corrected chi connectivity index (χ1v) is 10.5. The van der Waals surface area contributed by atoms with Crippen molar-refractivity contribution in [3.05, 3.63) is 65.7 Å². The molecule has 3 rings (SSSR count). The number of ether oxygens (including phenoxy) is 1. The molecule has 0 aliphatic carbocycles. The highest BCUT2D eigenvalue weighted by Gasteiger charge is 2.21. The molecule has 1 heterocycles. The van der Waals surface area contributed by atoms with Gasteiger partial charge >= 0.3 is 0 Å². The maximum atomic E-state index is 12.5. The SMILES string of the molecule is COc1ccc(CCC2CCN(C(=O)/C=C/c3ccc(NC(C)=O)cc3)CC2)cc1. The third-order valence-corrected chi connectivity index (χ3v) is 5.58. The fourth-order valence-electron chi connectivity index (χ4n) is 3.76. The summed E-state index contributed by atoms with van der Waals surface area (Å²) in [5.41, 5.74) is 3.02. The second-order valence-corrected chi connectivity index (χ2v) is 7.79. The molecule has 1 saturated heterocycles. The first-order valence-electron chi connectivity index (χ1n) is 10.5. The fraction of sp³-hybridized carbons (Fsp3) is 0.360. The van der Waals surface area contributed by atoms with Crippen LogP contribution in [0.25, 0.3) is 6.08 Å². The first-order chi connectivity index (χ1) is 14.5. The second kappa shape index (κ2) is 10.6. The summed E-state index contributed by atoms with van der Waals surface area (Å²) in [4.78, 5) is 25.5. The minimum Gasteiger partial charge on any atom is -0.497 e. The molecule has 0 unspecified atom stereocenters. The number of amides is 2.